The predicted octanol–water partition coefficient (Wildman–Crippen LogP) is 0.708. The van der Waals surface area contributed by atoms with Gasteiger partial charge in [-0.1, -0.05) is 0 Å². The number of halogens is 2. The lowest BCUT2D eigenvalue weighted by Crippen LogP contribution is -2.38. The molecule has 0 aliphatic carbocycles. The normalized spacial score (nSPS) is 11.4. The van der Waals surface area contributed by atoms with Gasteiger partial charge in [0.1, 0.15) is 0 Å². The molecular formula is C8H16F2N2O. The van der Waals surface area contributed by atoms with Crippen LogP contribution in [0.4, 0.5) is 8.78 Å². The van der Waals surface area contributed by atoms with Gasteiger partial charge in [0.2, 0.25) is 0 Å². The smallest absolute Gasteiger partial charge is 0.315 e. The molecule has 0 unspecified atom stereocenters. The van der Waals surface area contributed by atoms with E-state index in [4.69, 9.17) is 0 Å². The minimum Gasteiger partial charge on any atom is -0.350 e. The van der Waals surface area contributed by atoms with Crippen molar-refractivity contribution < 1.29 is 13.6 Å². The van der Waals surface area contributed by atoms with Crippen LogP contribution in [0.3, 0.4) is 0 Å². The first-order valence-electron chi connectivity index (χ1n) is 4.21. The summed E-state index contributed by atoms with van der Waals surface area (Å²) in [7, 11) is 1.87. The number of carbonyl (C=O) groups excluding carboxylic acids is 1. The Labute approximate surface area is 77.1 Å². The van der Waals surface area contributed by atoms with Crippen molar-refractivity contribution in [3.8, 4) is 0 Å². The van der Waals surface area contributed by atoms with Gasteiger partial charge in [-0.15, -0.1) is 0 Å². The SMILES string of the molecule is CC(C)N(C)CCNC(=O)C(F)F. The quantitative estimate of drug-likeness (QED) is 0.699. The van der Waals surface area contributed by atoms with E-state index in [1.165, 1.54) is 0 Å². The molecule has 3 nitrogen and oxygen atoms in total. The van der Waals surface area contributed by atoms with Gasteiger partial charge >= 0.3 is 6.43 Å². The van der Waals surface area contributed by atoms with Gasteiger partial charge in [-0.3, -0.25) is 4.79 Å². The molecule has 0 heterocycles. The van der Waals surface area contributed by atoms with Gasteiger partial charge in [-0.25, -0.2) is 0 Å². The van der Waals surface area contributed by atoms with Crippen LogP contribution in [0.1, 0.15) is 13.8 Å². The number of nitrogens with one attached hydrogen (secondary N) is 1. The minimum absolute atomic E-state index is 0.262. The summed E-state index contributed by atoms with van der Waals surface area (Å²) >= 11 is 0. The van der Waals surface area contributed by atoms with Crippen molar-refractivity contribution in [2.45, 2.75) is 26.3 Å². The van der Waals surface area contributed by atoms with Crippen LogP contribution in [0, 0.1) is 0 Å². The second-order valence-corrected chi connectivity index (χ2v) is 3.17. The van der Waals surface area contributed by atoms with Crippen LogP contribution in [0.15, 0.2) is 0 Å². The molecule has 0 aromatic carbocycles. The maximum atomic E-state index is 11.7. The van der Waals surface area contributed by atoms with Crippen LogP contribution in [0.25, 0.3) is 0 Å². The van der Waals surface area contributed by atoms with Crippen molar-refractivity contribution in [2.24, 2.45) is 0 Å². The molecule has 5 heteroatoms. The number of nitrogens with zero attached hydrogens (tertiary/aromatic N) is 1. The van der Waals surface area contributed by atoms with E-state index in [0.717, 1.165) is 0 Å². The Hall–Kier alpha value is -0.710. The van der Waals surface area contributed by atoms with E-state index in [1.54, 1.807) is 0 Å². The van der Waals surface area contributed by atoms with Crippen LogP contribution >= 0.6 is 0 Å². The second-order valence-electron chi connectivity index (χ2n) is 3.17. The fourth-order valence-electron chi connectivity index (χ4n) is 0.691. The van der Waals surface area contributed by atoms with Crippen molar-refractivity contribution in [1.29, 1.82) is 0 Å². The maximum absolute atomic E-state index is 11.7. The summed E-state index contributed by atoms with van der Waals surface area (Å²) < 4.78 is 23.4. The summed E-state index contributed by atoms with van der Waals surface area (Å²) in [4.78, 5) is 12.4. The molecule has 0 spiro atoms. The fraction of sp³-hybridized carbons (Fsp3) is 0.875. The Balaban J connectivity index is 3.51. The molecule has 0 aromatic heterocycles. The maximum Gasteiger partial charge on any atom is 0.315 e. The zero-order valence-electron chi connectivity index (χ0n) is 8.18. The zero-order chi connectivity index (χ0) is 10.4. The van der Waals surface area contributed by atoms with Crippen LogP contribution in [0.2, 0.25) is 0 Å². The topological polar surface area (TPSA) is 32.3 Å². The lowest BCUT2D eigenvalue weighted by molar-refractivity contribution is -0.131. The molecule has 0 aliphatic rings. The Bertz CT molecular complexity index is 162. The van der Waals surface area contributed by atoms with Gasteiger partial charge in [0.05, 0.1) is 0 Å². The van der Waals surface area contributed by atoms with Gasteiger partial charge < -0.3 is 10.2 Å². The summed E-state index contributed by atoms with van der Waals surface area (Å²) in [5.74, 6) is -1.20. The molecule has 0 atom stereocenters. The first-order chi connectivity index (χ1) is 5.95. The minimum atomic E-state index is -2.91. The molecule has 0 fully saturated rings. The summed E-state index contributed by atoms with van der Waals surface area (Å²) in [6.45, 7) is 4.83. The standard InChI is InChI=1S/C8H16F2N2O/c1-6(2)12(3)5-4-11-8(13)7(9)10/h6-7H,4-5H2,1-3H3,(H,11,13). The zero-order valence-corrected chi connectivity index (χ0v) is 8.18. The molecule has 0 aliphatic heterocycles. The Kier molecular flexibility index (Phi) is 5.53. The van der Waals surface area contributed by atoms with Crippen molar-refractivity contribution in [2.75, 3.05) is 20.1 Å². The Morgan fingerprint density at radius 1 is 1.46 bits per heavy atom. The third-order valence-electron chi connectivity index (χ3n) is 1.84. The lowest BCUT2D eigenvalue weighted by atomic mass is 10.3. The first kappa shape index (κ1) is 12.3. The molecule has 0 rings (SSSR count). The van der Waals surface area contributed by atoms with Gasteiger partial charge in [-0.2, -0.15) is 8.78 Å². The number of alkyl halides is 2. The highest BCUT2D eigenvalue weighted by Crippen LogP contribution is 1.93. The summed E-state index contributed by atoms with van der Waals surface area (Å²) in [6, 6.07) is 0.350. The van der Waals surface area contributed by atoms with Crippen LogP contribution in [0.5, 0.6) is 0 Å². The van der Waals surface area contributed by atoms with E-state index in [9.17, 15) is 13.6 Å². The highest BCUT2D eigenvalue weighted by atomic mass is 19.3. The van der Waals surface area contributed by atoms with Crippen molar-refractivity contribution in [3.63, 3.8) is 0 Å². The van der Waals surface area contributed by atoms with E-state index >= 15 is 0 Å². The molecule has 13 heavy (non-hydrogen) atoms. The third-order valence-corrected chi connectivity index (χ3v) is 1.84. The van der Waals surface area contributed by atoms with E-state index in [-0.39, 0.29) is 6.54 Å². The van der Waals surface area contributed by atoms with Crippen molar-refractivity contribution in [1.82, 2.24) is 10.2 Å². The molecule has 0 aromatic rings. The van der Waals surface area contributed by atoms with E-state index < -0.39 is 12.3 Å². The van der Waals surface area contributed by atoms with E-state index in [1.807, 2.05) is 25.8 Å². The molecule has 78 valence electrons. The average molecular weight is 194 g/mol. The van der Waals surface area contributed by atoms with Gasteiger partial charge in [-0.05, 0) is 20.9 Å². The average Bonchev–Trinajstić information content (AvgIpc) is 2.03. The van der Waals surface area contributed by atoms with E-state index in [2.05, 4.69) is 5.32 Å². The van der Waals surface area contributed by atoms with Crippen molar-refractivity contribution in [3.05, 3.63) is 0 Å². The first-order valence-corrected chi connectivity index (χ1v) is 4.21. The molecule has 1 N–H and O–H groups in total. The number of rotatable bonds is 5. The molecule has 0 saturated heterocycles. The highest BCUT2D eigenvalue weighted by molar-refractivity contribution is 5.78. The van der Waals surface area contributed by atoms with Crippen molar-refractivity contribution >= 4 is 5.91 Å². The highest BCUT2D eigenvalue weighted by Gasteiger charge is 2.14. The van der Waals surface area contributed by atoms with Gasteiger partial charge in [0.25, 0.3) is 5.91 Å². The molecular weight excluding hydrogens is 178 g/mol. The molecule has 1 amide bonds. The van der Waals surface area contributed by atoms with E-state index in [0.29, 0.717) is 12.6 Å². The predicted molar refractivity (Wildman–Crippen MR) is 46.8 cm³/mol. The Morgan fingerprint density at radius 2 is 2.00 bits per heavy atom. The number of amides is 1. The van der Waals surface area contributed by atoms with Crippen LogP contribution in [-0.2, 0) is 4.79 Å². The monoisotopic (exact) mass is 194 g/mol. The largest absolute Gasteiger partial charge is 0.350 e. The summed E-state index contributed by atoms with van der Waals surface area (Å²) in [6.07, 6.45) is -2.91. The third kappa shape index (κ3) is 5.52. The molecule has 0 radical (unpaired) electrons. The Morgan fingerprint density at radius 3 is 2.38 bits per heavy atom. The van der Waals surface area contributed by atoms with Gasteiger partial charge in [0.15, 0.2) is 0 Å². The van der Waals surface area contributed by atoms with Crippen LogP contribution < -0.4 is 5.32 Å². The number of hydrogen-bond donors (Lipinski definition) is 1. The number of hydrogen-bond acceptors (Lipinski definition) is 2. The molecule has 0 saturated carbocycles. The summed E-state index contributed by atoms with van der Waals surface area (Å²) in [5, 5.41) is 2.14. The van der Waals surface area contributed by atoms with Gasteiger partial charge in [0, 0.05) is 19.1 Å². The lowest BCUT2D eigenvalue weighted by Gasteiger charge is -2.20. The fourth-order valence-corrected chi connectivity index (χ4v) is 0.691. The van der Waals surface area contributed by atoms with Crippen LogP contribution in [-0.4, -0.2) is 43.4 Å². The number of carbonyl (C=O) groups is 1. The molecule has 0 bridgehead atoms. The second kappa shape index (κ2) is 5.85. The summed E-state index contributed by atoms with van der Waals surface area (Å²) in [5.41, 5.74) is 0. The number of likely N-dealkylation sites (N-methyl/N-ethyl adjacent to an activating group) is 1.